The molecule has 0 atom stereocenters. The van der Waals surface area contributed by atoms with Crippen LogP contribution in [0.25, 0.3) is 10.8 Å². The molecule has 0 aliphatic carbocycles. The molecule has 100 valence electrons. The summed E-state index contributed by atoms with van der Waals surface area (Å²) in [6.45, 7) is 7.35. The fraction of sp³-hybridized carbons (Fsp3) is 0.333. The topological polar surface area (TPSA) is 65.2 Å². The minimum absolute atomic E-state index is 0.213. The van der Waals surface area contributed by atoms with Gasteiger partial charge in [0.15, 0.2) is 0 Å². The highest BCUT2D eigenvalue weighted by Gasteiger charge is 2.23. The highest BCUT2D eigenvalue weighted by Crippen LogP contribution is 2.27. The fourth-order valence-corrected chi connectivity index (χ4v) is 2.00. The number of hydrogen-bond donors (Lipinski definition) is 1. The smallest absolute Gasteiger partial charge is 0.343 e. The third-order valence-corrected chi connectivity index (χ3v) is 2.73. The molecule has 0 radical (unpaired) electrons. The van der Waals surface area contributed by atoms with Gasteiger partial charge in [0.2, 0.25) is 0 Å². The number of fused-ring (bicyclic) bond motifs is 1. The number of nitrogens with two attached hydrogens (primary N) is 1. The second kappa shape index (κ2) is 4.53. The van der Waals surface area contributed by atoms with Crippen LogP contribution in [0.1, 0.15) is 36.8 Å². The van der Waals surface area contributed by atoms with Gasteiger partial charge in [-0.3, -0.25) is 0 Å². The van der Waals surface area contributed by atoms with E-state index in [0.29, 0.717) is 5.56 Å². The number of carbonyl (C=O) groups excluding carboxylic acids is 1. The Kier molecular flexibility index (Phi) is 3.18. The number of carbonyl (C=O) groups is 1. The standard InChI is InChI=1S/C15H18N2O2/c1-9-10-7-5-6-8-11(10)12(13(16)17-9)14(18)19-15(2,3)4/h5-8H,1-4H3,(H2,16,17). The lowest BCUT2D eigenvalue weighted by atomic mass is 10.0. The van der Waals surface area contributed by atoms with Gasteiger partial charge < -0.3 is 10.5 Å². The summed E-state index contributed by atoms with van der Waals surface area (Å²) >= 11 is 0. The molecule has 1 heterocycles. The van der Waals surface area contributed by atoms with Crippen LogP contribution in [0, 0.1) is 6.92 Å². The predicted octanol–water partition coefficient (Wildman–Crippen LogP) is 3.08. The van der Waals surface area contributed by atoms with Crippen molar-refractivity contribution in [3.63, 3.8) is 0 Å². The lowest BCUT2D eigenvalue weighted by Gasteiger charge is -2.20. The number of nitrogens with zero attached hydrogens (tertiary/aromatic N) is 1. The highest BCUT2D eigenvalue weighted by molar-refractivity contribution is 6.08. The van der Waals surface area contributed by atoms with Crippen LogP contribution in [0.3, 0.4) is 0 Å². The molecule has 4 nitrogen and oxygen atoms in total. The number of benzene rings is 1. The third kappa shape index (κ3) is 2.67. The van der Waals surface area contributed by atoms with E-state index in [1.54, 1.807) is 0 Å². The van der Waals surface area contributed by atoms with Crippen molar-refractivity contribution in [2.75, 3.05) is 5.73 Å². The summed E-state index contributed by atoms with van der Waals surface area (Å²) in [6.07, 6.45) is 0. The van der Waals surface area contributed by atoms with Crippen molar-refractivity contribution < 1.29 is 9.53 Å². The molecule has 0 bridgehead atoms. The number of aryl methyl sites for hydroxylation is 1. The molecule has 2 aromatic rings. The van der Waals surface area contributed by atoms with E-state index in [1.165, 1.54) is 0 Å². The van der Waals surface area contributed by atoms with Gasteiger partial charge in [0.05, 0.1) is 0 Å². The predicted molar refractivity (Wildman–Crippen MR) is 76.1 cm³/mol. The Morgan fingerprint density at radius 3 is 2.37 bits per heavy atom. The van der Waals surface area contributed by atoms with Crippen molar-refractivity contribution in [2.45, 2.75) is 33.3 Å². The van der Waals surface area contributed by atoms with Gasteiger partial charge in [0.1, 0.15) is 17.0 Å². The maximum absolute atomic E-state index is 12.3. The Labute approximate surface area is 112 Å². The molecule has 0 spiro atoms. The minimum atomic E-state index is -0.560. The third-order valence-electron chi connectivity index (χ3n) is 2.73. The van der Waals surface area contributed by atoms with Crippen LogP contribution in [0.15, 0.2) is 24.3 Å². The molecule has 0 aliphatic heterocycles. The van der Waals surface area contributed by atoms with Gasteiger partial charge in [-0.2, -0.15) is 0 Å². The molecule has 0 fully saturated rings. The van der Waals surface area contributed by atoms with Crippen LogP contribution < -0.4 is 5.73 Å². The van der Waals surface area contributed by atoms with E-state index < -0.39 is 11.6 Å². The largest absolute Gasteiger partial charge is 0.456 e. The van der Waals surface area contributed by atoms with Gasteiger partial charge in [-0.1, -0.05) is 24.3 Å². The van der Waals surface area contributed by atoms with Gasteiger partial charge in [0, 0.05) is 16.5 Å². The Bertz CT molecular complexity index is 642. The van der Waals surface area contributed by atoms with Gasteiger partial charge >= 0.3 is 5.97 Å². The van der Waals surface area contributed by atoms with Crippen molar-refractivity contribution in [3.8, 4) is 0 Å². The quantitative estimate of drug-likeness (QED) is 0.798. The van der Waals surface area contributed by atoms with Gasteiger partial charge in [-0.25, -0.2) is 9.78 Å². The number of ether oxygens (including phenoxy) is 1. The summed E-state index contributed by atoms with van der Waals surface area (Å²) in [5.74, 6) is -0.223. The second-order valence-electron chi connectivity index (χ2n) is 5.50. The maximum Gasteiger partial charge on any atom is 0.343 e. The second-order valence-corrected chi connectivity index (χ2v) is 5.50. The van der Waals surface area contributed by atoms with Crippen molar-refractivity contribution in [1.82, 2.24) is 4.98 Å². The molecular weight excluding hydrogens is 240 g/mol. The zero-order valence-corrected chi connectivity index (χ0v) is 11.7. The minimum Gasteiger partial charge on any atom is -0.456 e. The van der Waals surface area contributed by atoms with E-state index in [-0.39, 0.29) is 5.82 Å². The SMILES string of the molecule is Cc1nc(N)c(C(=O)OC(C)(C)C)c2ccccc12. The first-order chi connectivity index (χ1) is 8.79. The van der Waals surface area contributed by atoms with Crippen molar-refractivity contribution >= 4 is 22.6 Å². The molecule has 1 aromatic carbocycles. The Hall–Kier alpha value is -2.10. The monoisotopic (exact) mass is 258 g/mol. The first-order valence-electron chi connectivity index (χ1n) is 6.18. The number of aromatic nitrogens is 1. The van der Waals surface area contributed by atoms with E-state index in [1.807, 2.05) is 52.0 Å². The molecule has 0 saturated heterocycles. The summed E-state index contributed by atoms with van der Waals surface area (Å²) in [5, 5.41) is 1.69. The molecule has 4 heteroatoms. The number of rotatable bonds is 1. The first-order valence-corrected chi connectivity index (χ1v) is 6.18. The highest BCUT2D eigenvalue weighted by atomic mass is 16.6. The number of esters is 1. The Morgan fingerprint density at radius 2 is 1.79 bits per heavy atom. The van der Waals surface area contributed by atoms with Crippen LogP contribution in [0.4, 0.5) is 5.82 Å². The molecular formula is C15H18N2O2. The van der Waals surface area contributed by atoms with E-state index in [0.717, 1.165) is 16.5 Å². The van der Waals surface area contributed by atoms with Crippen LogP contribution in [-0.4, -0.2) is 16.6 Å². The van der Waals surface area contributed by atoms with Crippen LogP contribution >= 0.6 is 0 Å². The van der Waals surface area contributed by atoms with Crippen molar-refractivity contribution in [3.05, 3.63) is 35.5 Å². The number of pyridine rings is 1. The first kappa shape index (κ1) is 13.3. The lowest BCUT2D eigenvalue weighted by molar-refractivity contribution is 0.00728. The van der Waals surface area contributed by atoms with E-state index in [9.17, 15) is 4.79 Å². The summed E-state index contributed by atoms with van der Waals surface area (Å²) in [4.78, 5) is 16.5. The molecule has 1 aromatic heterocycles. The lowest BCUT2D eigenvalue weighted by Crippen LogP contribution is -2.25. The fourth-order valence-electron chi connectivity index (χ4n) is 2.00. The van der Waals surface area contributed by atoms with E-state index in [2.05, 4.69) is 4.98 Å². The van der Waals surface area contributed by atoms with Gasteiger partial charge in [-0.15, -0.1) is 0 Å². The zero-order valence-electron chi connectivity index (χ0n) is 11.7. The zero-order chi connectivity index (χ0) is 14.2. The number of anilines is 1. The summed E-state index contributed by atoms with van der Waals surface area (Å²) < 4.78 is 5.39. The normalized spacial score (nSPS) is 11.6. The van der Waals surface area contributed by atoms with Crippen LogP contribution in [0.2, 0.25) is 0 Å². The Balaban J connectivity index is 2.63. The molecule has 0 saturated carbocycles. The Morgan fingerprint density at radius 1 is 1.21 bits per heavy atom. The summed E-state index contributed by atoms with van der Waals surface area (Å²) in [5.41, 5.74) is 6.48. The van der Waals surface area contributed by atoms with Gasteiger partial charge in [0.25, 0.3) is 0 Å². The van der Waals surface area contributed by atoms with Crippen molar-refractivity contribution in [2.24, 2.45) is 0 Å². The van der Waals surface area contributed by atoms with Crippen molar-refractivity contribution in [1.29, 1.82) is 0 Å². The molecule has 0 aliphatic rings. The molecule has 19 heavy (non-hydrogen) atoms. The molecule has 0 amide bonds. The summed E-state index contributed by atoms with van der Waals surface area (Å²) in [7, 11) is 0. The van der Waals surface area contributed by atoms with Crippen LogP contribution in [0.5, 0.6) is 0 Å². The summed E-state index contributed by atoms with van der Waals surface area (Å²) in [6, 6.07) is 7.56. The average molecular weight is 258 g/mol. The molecule has 2 rings (SSSR count). The maximum atomic E-state index is 12.3. The number of hydrogen-bond acceptors (Lipinski definition) is 4. The van der Waals surface area contributed by atoms with E-state index >= 15 is 0 Å². The van der Waals surface area contributed by atoms with Crippen LogP contribution in [-0.2, 0) is 4.74 Å². The average Bonchev–Trinajstić information content (AvgIpc) is 2.26. The molecule has 0 unspecified atom stereocenters. The molecule has 2 N–H and O–H groups in total. The van der Waals surface area contributed by atoms with Gasteiger partial charge in [-0.05, 0) is 27.7 Å². The number of nitrogen functional groups attached to an aromatic ring is 1. The van der Waals surface area contributed by atoms with E-state index in [4.69, 9.17) is 10.5 Å².